The van der Waals surface area contributed by atoms with Crippen LogP contribution in [-0.4, -0.2) is 18.8 Å². The summed E-state index contributed by atoms with van der Waals surface area (Å²) in [6, 6.07) is 13.6. The molecule has 3 nitrogen and oxygen atoms in total. The summed E-state index contributed by atoms with van der Waals surface area (Å²) in [5.74, 6) is 0.779. The third-order valence-electron chi connectivity index (χ3n) is 3.49. The summed E-state index contributed by atoms with van der Waals surface area (Å²) in [4.78, 5) is 0. The van der Waals surface area contributed by atoms with Gasteiger partial charge in [-0.1, -0.05) is 45.7 Å². The van der Waals surface area contributed by atoms with E-state index in [1.165, 1.54) is 0 Å². The highest BCUT2D eigenvalue weighted by molar-refractivity contribution is 9.10. The number of nitrogens with one attached hydrogen (secondary N) is 1. The van der Waals surface area contributed by atoms with Crippen molar-refractivity contribution in [1.29, 1.82) is 0 Å². The van der Waals surface area contributed by atoms with Gasteiger partial charge in [-0.05, 0) is 41.8 Å². The minimum absolute atomic E-state index is 0.0443. The quantitative estimate of drug-likeness (QED) is 0.747. The van der Waals surface area contributed by atoms with Crippen LogP contribution in [0.1, 0.15) is 23.6 Å². The molecule has 0 aliphatic rings. The molecule has 0 aromatic heterocycles. The predicted molar refractivity (Wildman–Crippen MR) is 93.4 cm³/mol. The van der Waals surface area contributed by atoms with Crippen LogP contribution in [0, 0.1) is 0 Å². The average molecular weight is 385 g/mol. The fourth-order valence-corrected chi connectivity index (χ4v) is 3.05. The second-order valence-electron chi connectivity index (χ2n) is 4.92. The number of ether oxygens (including phenoxy) is 1. The number of hydrogen-bond acceptors (Lipinski definition) is 3. The lowest BCUT2D eigenvalue weighted by Gasteiger charge is -2.20. The number of aliphatic hydroxyl groups excluding tert-OH is 1. The van der Waals surface area contributed by atoms with Crippen LogP contribution < -0.4 is 10.1 Å². The lowest BCUT2D eigenvalue weighted by molar-refractivity contribution is 0.265. The summed E-state index contributed by atoms with van der Waals surface area (Å²) in [6.45, 7) is 0.715. The molecule has 0 bridgehead atoms. The molecular weight excluding hydrogens is 366 g/mol. The molecule has 2 aromatic carbocycles. The second-order valence-corrected chi connectivity index (χ2v) is 6.19. The molecule has 5 heteroatoms. The molecule has 0 aliphatic heterocycles. The van der Waals surface area contributed by atoms with Gasteiger partial charge >= 0.3 is 0 Å². The van der Waals surface area contributed by atoms with Crippen molar-refractivity contribution in [2.45, 2.75) is 19.0 Å². The SMILES string of the molecule is COc1ccc(Cl)c(CNC(CCO)c2ccccc2Br)c1. The molecule has 0 fully saturated rings. The van der Waals surface area contributed by atoms with Crippen LogP contribution in [0.3, 0.4) is 0 Å². The van der Waals surface area contributed by atoms with Crippen LogP contribution in [0.4, 0.5) is 0 Å². The third-order valence-corrected chi connectivity index (χ3v) is 4.58. The Morgan fingerprint density at radius 3 is 2.73 bits per heavy atom. The van der Waals surface area contributed by atoms with Crippen molar-refractivity contribution in [3.05, 3.63) is 63.1 Å². The maximum Gasteiger partial charge on any atom is 0.119 e. The van der Waals surface area contributed by atoms with E-state index >= 15 is 0 Å². The molecule has 2 rings (SSSR count). The van der Waals surface area contributed by atoms with Gasteiger partial charge in [-0.2, -0.15) is 0 Å². The van der Waals surface area contributed by atoms with E-state index in [1.807, 2.05) is 42.5 Å². The summed E-state index contributed by atoms with van der Waals surface area (Å²) in [7, 11) is 1.64. The highest BCUT2D eigenvalue weighted by Crippen LogP contribution is 2.27. The summed E-state index contributed by atoms with van der Waals surface area (Å²) >= 11 is 9.80. The molecule has 0 spiro atoms. The zero-order chi connectivity index (χ0) is 15.9. The van der Waals surface area contributed by atoms with Gasteiger partial charge in [0.15, 0.2) is 0 Å². The van der Waals surface area contributed by atoms with E-state index in [0.717, 1.165) is 21.3 Å². The van der Waals surface area contributed by atoms with Gasteiger partial charge in [-0.25, -0.2) is 0 Å². The van der Waals surface area contributed by atoms with Gasteiger partial charge in [0.05, 0.1) is 7.11 Å². The molecular formula is C17H19BrClNO2. The minimum Gasteiger partial charge on any atom is -0.497 e. The smallest absolute Gasteiger partial charge is 0.119 e. The van der Waals surface area contributed by atoms with Crippen LogP contribution in [0.25, 0.3) is 0 Å². The zero-order valence-corrected chi connectivity index (χ0v) is 14.7. The monoisotopic (exact) mass is 383 g/mol. The topological polar surface area (TPSA) is 41.5 Å². The molecule has 0 saturated carbocycles. The summed E-state index contributed by atoms with van der Waals surface area (Å²) in [5, 5.41) is 13.5. The summed E-state index contributed by atoms with van der Waals surface area (Å²) < 4.78 is 6.26. The van der Waals surface area contributed by atoms with E-state index in [1.54, 1.807) is 7.11 Å². The fraction of sp³-hybridized carbons (Fsp3) is 0.294. The maximum absolute atomic E-state index is 9.32. The Kier molecular flexibility index (Phi) is 6.70. The Morgan fingerprint density at radius 1 is 1.27 bits per heavy atom. The first-order valence-electron chi connectivity index (χ1n) is 7.06. The van der Waals surface area contributed by atoms with E-state index in [9.17, 15) is 5.11 Å². The lowest BCUT2D eigenvalue weighted by Crippen LogP contribution is -2.22. The molecule has 0 heterocycles. The first-order chi connectivity index (χ1) is 10.7. The molecule has 2 aromatic rings. The van der Waals surface area contributed by atoms with E-state index in [-0.39, 0.29) is 12.6 Å². The third kappa shape index (κ3) is 4.46. The molecule has 22 heavy (non-hydrogen) atoms. The number of aliphatic hydroxyl groups is 1. The van der Waals surface area contributed by atoms with E-state index in [0.29, 0.717) is 18.0 Å². The van der Waals surface area contributed by atoms with Crippen molar-refractivity contribution in [2.75, 3.05) is 13.7 Å². The van der Waals surface area contributed by atoms with Crippen LogP contribution in [-0.2, 0) is 6.54 Å². The van der Waals surface area contributed by atoms with Crippen LogP contribution in [0.15, 0.2) is 46.9 Å². The highest BCUT2D eigenvalue weighted by atomic mass is 79.9. The first-order valence-corrected chi connectivity index (χ1v) is 8.24. The summed E-state index contributed by atoms with van der Waals surface area (Å²) in [6.07, 6.45) is 0.629. The van der Waals surface area contributed by atoms with Gasteiger partial charge in [0.2, 0.25) is 0 Å². The number of methoxy groups -OCH3 is 1. The number of benzene rings is 2. The molecule has 0 saturated heterocycles. The highest BCUT2D eigenvalue weighted by Gasteiger charge is 2.14. The number of hydrogen-bond donors (Lipinski definition) is 2. The normalized spacial score (nSPS) is 12.2. The van der Waals surface area contributed by atoms with Gasteiger partial charge in [-0.3, -0.25) is 0 Å². The largest absolute Gasteiger partial charge is 0.497 e. The van der Waals surface area contributed by atoms with E-state index in [4.69, 9.17) is 16.3 Å². The number of rotatable bonds is 7. The standard InChI is InChI=1S/C17H19BrClNO2/c1-22-13-6-7-16(19)12(10-13)11-20-17(8-9-21)14-4-2-3-5-15(14)18/h2-7,10,17,20-21H,8-9,11H2,1H3. The van der Waals surface area contributed by atoms with E-state index in [2.05, 4.69) is 21.2 Å². The minimum atomic E-state index is 0.0443. The predicted octanol–water partition coefficient (Wildman–Crippen LogP) is 4.32. The van der Waals surface area contributed by atoms with Crippen molar-refractivity contribution in [3.8, 4) is 5.75 Å². The van der Waals surface area contributed by atoms with Crippen LogP contribution >= 0.6 is 27.5 Å². The molecule has 1 unspecified atom stereocenters. The second kappa shape index (κ2) is 8.53. The molecule has 0 radical (unpaired) electrons. The summed E-state index contributed by atoms with van der Waals surface area (Å²) in [5.41, 5.74) is 2.09. The van der Waals surface area contributed by atoms with Gasteiger partial charge in [0, 0.05) is 28.7 Å². The van der Waals surface area contributed by atoms with Crippen LogP contribution in [0.2, 0.25) is 5.02 Å². The first kappa shape index (κ1) is 17.3. The molecule has 0 aliphatic carbocycles. The molecule has 118 valence electrons. The van der Waals surface area contributed by atoms with Crippen molar-refractivity contribution < 1.29 is 9.84 Å². The van der Waals surface area contributed by atoms with Gasteiger partial charge < -0.3 is 15.2 Å². The zero-order valence-electron chi connectivity index (χ0n) is 12.4. The Balaban J connectivity index is 2.14. The number of halogens is 2. The molecule has 1 atom stereocenters. The van der Waals surface area contributed by atoms with Crippen molar-refractivity contribution in [3.63, 3.8) is 0 Å². The average Bonchev–Trinajstić information content (AvgIpc) is 2.53. The van der Waals surface area contributed by atoms with Crippen molar-refractivity contribution in [1.82, 2.24) is 5.32 Å². The van der Waals surface area contributed by atoms with Crippen molar-refractivity contribution in [2.24, 2.45) is 0 Å². The van der Waals surface area contributed by atoms with E-state index < -0.39 is 0 Å². The van der Waals surface area contributed by atoms with Crippen molar-refractivity contribution >= 4 is 27.5 Å². The molecule has 2 N–H and O–H groups in total. The van der Waals surface area contributed by atoms with Crippen LogP contribution in [0.5, 0.6) is 5.75 Å². The Hall–Kier alpha value is -1.07. The van der Waals surface area contributed by atoms with Gasteiger partial charge in [0.1, 0.15) is 5.75 Å². The fourth-order valence-electron chi connectivity index (χ4n) is 2.30. The Morgan fingerprint density at radius 2 is 2.05 bits per heavy atom. The Labute approximate surface area is 144 Å². The molecule has 0 amide bonds. The lowest BCUT2D eigenvalue weighted by atomic mass is 10.0. The maximum atomic E-state index is 9.32. The van der Waals surface area contributed by atoms with Gasteiger partial charge in [-0.15, -0.1) is 0 Å². The Bertz CT molecular complexity index is 621. The van der Waals surface area contributed by atoms with Gasteiger partial charge in [0.25, 0.3) is 0 Å².